The summed E-state index contributed by atoms with van der Waals surface area (Å²) in [7, 11) is 0. The minimum absolute atomic E-state index is 0.0985. The Morgan fingerprint density at radius 2 is 2.15 bits per heavy atom. The highest BCUT2D eigenvalue weighted by atomic mass is 16.2. The van der Waals surface area contributed by atoms with Gasteiger partial charge in [-0.3, -0.25) is 9.78 Å². The van der Waals surface area contributed by atoms with Crippen molar-refractivity contribution in [2.24, 2.45) is 0 Å². The molecule has 0 aromatic carbocycles. The maximum Gasteiger partial charge on any atom is 0.270 e. The molecule has 0 spiro atoms. The fourth-order valence-corrected chi connectivity index (χ4v) is 3.74. The van der Waals surface area contributed by atoms with Gasteiger partial charge in [0.05, 0.1) is 6.04 Å². The molecule has 3 aromatic rings. The van der Waals surface area contributed by atoms with Gasteiger partial charge in [-0.1, -0.05) is 6.07 Å². The van der Waals surface area contributed by atoms with Crippen LogP contribution >= 0.6 is 0 Å². The Balaban J connectivity index is 1.51. The standard InChI is InChI=1S/C20H23N5O/c1-16-22-9-12-25(16)18-6-3-11-24(15-18)20(26)19-7-4-10-23(19)14-17-5-2-8-21-13-17/h2,4-5,7-10,12-13,18H,3,6,11,14-15H2,1H3. The maximum atomic E-state index is 13.1. The number of carbonyl (C=O) groups is 1. The number of nitrogens with zero attached hydrogens (tertiary/aromatic N) is 5. The van der Waals surface area contributed by atoms with Crippen LogP contribution in [0.2, 0.25) is 0 Å². The van der Waals surface area contributed by atoms with Gasteiger partial charge in [-0.15, -0.1) is 0 Å². The van der Waals surface area contributed by atoms with Gasteiger partial charge in [-0.25, -0.2) is 4.98 Å². The third-order valence-corrected chi connectivity index (χ3v) is 5.06. The molecule has 1 aliphatic heterocycles. The van der Waals surface area contributed by atoms with Crippen LogP contribution in [0.4, 0.5) is 0 Å². The highest BCUT2D eigenvalue weighted by molar-refractivity contribution is 5.92. The Bertz CT molecular complexity index is 883. The first-order chi connectivity index (χ1) is 12.7. The fraction of sp³-hybridized carbons (Fsp3) is 0.350. The van der Waals surface area contributed by atoms with Crippen LogP contribution in [0.25, 0.3) is 0 Å². The van der Waals surface area contributed by atoms with Crippen LogP contribution in [0.3, 0.4) is 0 Å². The molecular weight excluding hydrogens is 326 g/mol. The molecule has 0 N–H and O–H groups in total. The lowest BCUT2D eigenvalue weighted by atomic mass is 10.0. The molecule has 1 unspecified atom stereocenters. The number of aryl methyl sites for hydroxylation is 1. The molecule has 26 heavy (non-hydrogen) atoms. The van der Waals surface area contributed by atoms with Crippen LogP contribution in [-0.2, 0) is 6.54 Å². The van der Waals surface area contributed by atoms with E-state index in [1.165, 1.54) is 0 Å². The molecule has 0 aliphatic carbocycles. The van der Waals surface area contributed by atoms with Crippen molar-refractivity contribution in [3.8, 4) is 0 Å². The number of pyridine rings is 1. The molecule has 1 aliphatic rings. The first-order valence-electron chi connectivity index (χ1n) is 9.05. The van der Waals surface area contributed by atoms with Crippen molar-refractivity contribution in [2.75, 3.05) is 13.1 Å². The molecule has 0 saturated carbocycles. The van der Waals surface area contributed by atoms with E-state index in [0.717, 1.165) is 43.0 Å². The van der Waals surface area contributed by atoms with E-state index in [2.05, 4.69) is 14.5 Å². The van der Waals surface area contributed by atoms with Crippen molar-refractivity contribution in [1.82, 2.24) is 24.0 Å². The number of piperidine rings is 1. The summed E-state index contributed by atoms with van der Waals surface area (Å²) < 4.78 is 4.19. The van der Waals surface area contributed by atoms with E-state index in [1.807, 2.05) is 65.4 Å². The zero-order chi connectivity index (χ0) is 17.9. The van der Waals surface area contributed by atoms with Crippen LogP contribution in [-0.4, -0.2) is 43.0 Å². The molecule has 0 radical (unpaired) electrons. The fourth-order valence-electron chi connectivity index (χ4n) is 3.74. The van der Waals surface area contributed by atoms with E-state index in [-0.39, 0.29) is 5.91 Å². The summed E-state index contributed by atoms with van der Waals surface area (Å²) in [6.07, 6.45) is 11.5. The number of imidazole rings is 1. The molecule has 1 fully saturated rings. The largest absolute Gasteiger partial charge is 0.339 e. The second-order valence-electron chi connectivity index (χ2n) is 6.81. The maximum absolute atomic E-state index is 13.1. The number of rotatable bonds is 4. The summed E-state index contributed by atoms with van der Waals surface area (Å²) in [5, 5.41) is 0. The average molecular weight is 349 g/mol. The highest BCUT2D eigenvalue weighted by Gasteiger charge is 2.27. The smallest absolute Gasteiger partial charge is 0.270 e. The van der Waals surface area contributed by atoms with Gasteiger partial charge in [0.2, 0.25) is 0 Å². The predicted octanol–water partition coefficient (Wildman–Crippen LogP) is 2.91. The summed E-state index contributed by atoms with van der Waals surface area (Å²) in [6.45, 7) is 4.20. The van der Waals surface area contributed by atoms with Gasteiger partial charge in [0, 0.05) is 50.6 Å². The zero-order valence-corrected chi connectivity index (χ0v) is 15.0. The van der Waals surface area contributed by atoms with E-state index in [4.69, 9.17) is 0 Å². The van der Waals surface area contributed by atoms with E-state index < -0.39 is 0 Å². The van der Waals surface area contributed by atoms with Crippen molar-refractivity contribution in [3.63, 3.8) is 0 Å². The van der Waals surface area contributed by atoms with Crippen LogP contribution in [0.1, 0.15) is 40.8 Å². The second kappa shape index (κ2) is 7.15. The van der Waals surface area contributed by atoms with Crippen molar-refractivity contribution >= 4 is 5.91 Å². The first kappa shape index (κ1) is 16.6. The monoisotopic (exact) mass is 349 g/mol. The molecule has 4 heterocycles. The lowest BCUT2D eigenvalue weighted by Crippen LogP contribution is -2.41. The number of hydrogen-bond donors (Lipinski definition) is 0. The van der Waals surface area contributed by atoms with Crippen LogP contribution in [0.5, 0.6) is 0 Å². The van der Waals surface area contributed by atoms with Crippen molar-refractivity contribution in [2.45, 2.75) is 32.4 Å². The summed E-state index contributed by atoms with van der Waals surface area (Å²) in [5.41, 5.74) is 1.82. The molecular formula is C20H23N5O. The minimum atomic E-state index is 0.0985. The quantitative estimate of drug-likeness (QED) is 0.728. The van der Waals surface area contributed by atoms with Crippen LogP contribution in [0.15, 0.2) is 55.2 Å². The van der Waals surface area contributed by atoms with Crippen molar-refractivity contribution in [1.29, 1.82) is 0 Å². The Kier molecular flexibility index (Phi) is 4.56. The topological polar surface area (TPSA) is 56.0 Å². The molecule has 134 valence electrons. The van der Waals surface area contributed by atoms with E-state index in [0.29, 0.717) is 12.6 Å². The van der Waals surface area contributed by atoms with Crippen molar-refractivity contribution < 1.29 is 4.79 Å². The number of amides is 1. The summed E-state index contributed by atoms with van der Waals surface area (Å²) >= 11 is 0. The molecule has 6 heteroatoms. The lowest BCUT2D eigenvalue weighted by molar-refractivity contribution is 0.0668. The lowest BCUT2D eigenvalue weighted by Gasteiger charge is -2.34. The van der Waals surface area contributed by atoms with Gasteiger partial charge in [0.15, 0.2) is 0 Å². The molecule has 1 saturated heterocycles. The van der Waals surface area contributed by atoms with Gasteiger partial charge >= 0.3 is 0 Å². The van der Waals surface area contributed by atoms with Crippen LogP contribution in [0, 0.1) is 6.92 Å². The Labute approximate surface area is 153 Å². The SMILES string of the molecule is Cc1nccn1C1CCCN(C(=O)c2cccn2Cc2cccnc2)C1. The van der Waals surface area contributed by atoms with Gasteiger partial charge in [-0.2, -0.15) is 0 Å². The number of likely N-dealkylation sites (tertiary alicyclic amines) is 1. The normalized spacial score (nSPS) is 17.4. The van der Waals surface area contributed by atoms with E-state index in [1.54, 1.807) is 6.20 Å². The van der Waals surface area contributed by atoms with Gasteiger partial charge in [0.25, 0.3) is 5.91 Å². The Morgan fingerprint density at radius 1 is 1.23 bits per heavy atom. The number of aromatic nitrogens is 4. The molecule has 1 atom stereocenters. The van der Waals surface area contributed by atoms with Gasteiger partial charge in [0.1, 0.15) is 11.5 Å². The van der Waals surface area contributed by atoms with E-state index in [9.17, 15) is 4.79 Å². The number of carbonyl (C=O) groups excluding carboxylic acids is 1. The predicted molar refractivity (Wildman–Crippen MR) is 98.9 cm³/mol. The second-order valence-corrected chi connectivity index (χ2v) is 6.81. The van der Waals surface area contributed by atoms with Crippen LogP contribution < -0.4 is 0 Å². The van der Waals surface area contributed by atoms with Gasteiger partial charge in [-0.05, 0) is 43.5 Å². The van der Waals surface area contributed by atoms with E-state index >= 15 is 0 Å². The van der Waals surface area contributed by atoms with Gasteiger partial charge < -0.3 is 14.0 Å². The number of hydrogen-bond acceptors (Lipinski definition) is 3. The zero-order valence-electron chi connectivity index (χ0n) is 15.0. The summed E-state index contributed by atoms with van der Waals surface area (Å²) in [4.78, 5) is 23.6. The average Bonchev–Trinajstić information content (AvgIpc) is 3.31. The Hall–Kier alpha value is -2.89. The first-order valence-corrected chi connectivity index (χ1v) is 9.05. The molecule has 1 amide bonds. The summed E-state index contributed by atoms with van der Waals surface area (Å²) in [6, 6.07) is 8.09. The summed E-state index contributed by atoms with van der Waals surface area (Å²) in [5.74, 6) is 1.10. The molecule has 3 aromatic heterocycles. The highest BCUT2D eigenvalue weighted by Crippen LogP contribution is 2.24. The molecule has 6 nitrogen and oxygen atoms in total. The van der Waals surface area contributed by atoms with Crippen molar-refractivity contribution in [3.05, 3.63) is 72.3 Å². The third-order valence-electron chi connectivity index (χ3n) is 5.06. The molecule has 0 bridgehead atoms. The minimum Gasteiger partial charge on any atom is -0.339 e. The molecule has 4 rings (SSSR count). The Morgan fingerprint density at radius 3 is 2.92 bits per heavy atom. The third kappa shape index (κ3) is 3.27.